The number of nitrogens with one attached hydrogen (secondary N) is 1. The molecule has 7 heteroatoms. The van der Waals surface area contributed by atoms with Crippen molar-refractivity contribution in [1.82, 2.24) is 20.2 Å². The van der Waals surface area contributed by atoms with E-state index in [1.54, 1.807) is 14.0 Å². The standard InChI is InChI=1S/C18H20N4O3/c1-12-9-21-15(10-20-12)18(24)22-11-14(8-16(22)17(23)19-2)25-13-6-4-3-5-7-13/h3-7,9-10,14,16H,8,11H2,1-2H3,(H,19,23)/t14-,16-/m0/s1. The molecule has 0 bridgehead atoms. The number of hydrogen-bond donors (Lipinski definition) is 1. The van der Waals surface area contributed by atoms with E-state index in [0.29, 0.717) is 18.7 Å². The van der Waals surface area contributed by atoms with Crippen LogP contribution in [0.1, 0.15) is 22.6 Å². The maximum atomic E-state index is 12.8. The number of likely N-dealkylation sites (tertiary alicyclic amines) is 1. The quantitative estimate of drug-likeness (QED) is 0.904. The molecular weight excluding hydrogens is 320 g/mol. The molecule has 3 rings (SSSR count). The van der Waals surface area contributed by atoms with Crippen molar-refractivity contribution in [2.24, 2.45) is 0 Å². The Morgan fingerprint density at radius 2 is 1.96 bits per heavy atom. The Bertz CT molecular complexity index is 749. The van der Waals surface area contributed by atoms with Crippen molar-refractivity contribution in [3.05, 3.63) is 54.1 Å². The molecule has 1 saturated heterocycles. The molecule has 1 aliphatic heterocycles. The van der Waals surface area contributed by atoms with Gasteiger partial charge in [0.2, 0.25) is 5.91 Å². The van der Waals surface area contributed by atoms with E-state index in [9.17, 15) is 9.59 Å². The Hall–Kier alpha value is -2.96. The van der Waals surface area contributed by atoms with Gasteiger partial charge in [-0.25, -0.2) is 4.98 Å². The van der Waals surface area contributed by atoms with Gasteiger partial charge in [-0.2, -0.15) is 0 Å². The summed E-state index contributed by atoms with van der Waals surface area (Å²) < 4.78 is 5.93. The molecule has 1 N–H and O–H groups in total. The minimum Gasteiger partial charge on any atom is -0.488 e. The predicted octanol–water partition coefficient (Wildman–Crippen LogP) is 1.19. The van der Waals surface area contributed by atoms with Crippen LogP contribution in [-0.2, 0) is 4.79 Å². The van der Waals surface area contributed by atoms with Crippen LogP contribution in [0.5, 0.6) is 5.75 Å². The van der Waals surface area contributed by atoms with Crippen molar-refractivity contribution in [2.75, 3.05) is 13.6 Å². The van der Waals surface area contributed by atoms with Gasteiger partial charge >= 0.3 is 0 Å². The molecule has 0 saturated carbocycles. The highest BCUT2D eigenvalue weighted by Gasteiger charge is 2.41. The van der Waals surface area contributed by atoms with E-state index < -0.39 is 6.04 Å². The first-order chi connectivity index (χ1) is 12.1. The molecule has 1 aromatic heterocycles. The van der Waals surface area contributed by atoms with Gasteiger partial charge in [0.15, 0.2) is 0 Å². The van der Waals surface area contributed by atoms with Crippen LogP contribution in [-0.4, -0.2) is 52.4 Å². The minimum atomic E-state index is -0.589. The second kappa shape index (κ2) is 7.29. The molecule has 2 aromatic rings. The zero-order chi connectivity index (χ0) is 17.8. The number of hydrogen-bond acceptors (Lipinski definition) is 5. The Labute approximate surface area is 146 Å². The maximum Gasteiger partial charge on any atom is 0.274 e. The molecule has 2 amide bonds. The predicted molar refractivity (Wildman–Crippen MR) is 91.1 cm³/mol. The van der Waals surface area contributed by atoms with Gasteiger partial charge in [0.25, 0.3) is 5.91 Å². The molecule has 2 atom stereocenters. The third-order valence-corrected chi connectivity index (χ3v) is 4.12. The van der Waals surface area contributed by atoms with Crippen LogP contribution in [0.2, 0.25) is 0 Å². The molecule has 25 heavy (non-hydrogen) atoms. The number of aromatic nitrogens is 2. The van der Waals surface area contributed by atoms with Crippen molar-refractivity contribution in [1.29, 1.82) is 0 Å². The summed E-state index contributed by atoms with van der Waals surface area (Å²) in [6, 6.07) is 8.78. The Balaban J connectivity index is 1.79. The molecule has 0 radical (unpaired) electrons. The van der Waals surface area contributed by atoms with Gasteiger partial charge in [0.1, 0.15) is 23.6 Å². The largest absolute Gasteiger partial charge is 0.488 e. The lowest BCUT2D eigenvalue weighted by Gasteiger charge is -2.22. The molecule has 0 unspecified atom stereocenters. The molecule has 1 aliphatic rings. The van der Waals surface area contributed by atoms with Gasteiger partial charge in [0.05, 0.1) is 18.4 Å². The first-order valence-corrected chi connectivity index (χ1v) is 8.11. The zero-order valence-corrected chi connectivity index (χ0v) is 14.2. The first-order valence-electron chi connectivity index (χ1n) is 8.11. The summed E-state index contributed by atoms with van der Waals surface area (Å²) in [5, 5.41) is 2.61. The van der Waals surface area contributed by atoms with Gasteiger partial charge in [-0.15, -0.1) is 0 Å². The molecule has 130 valence electrons. The molecule has 0 aliphatic carbocycles. The zero-order valence-electron chi connectivity index (χ0n) is 14.2. The number of carbonyl (C=O) groups is 2. The molecule has 1 aromatic carbocycles. The number of nitrogens with zero attached hydrogens (tertiary/aromatic N) is 3. The Kier molecular flexibility index (Phi) is 4.92. The third kappa shape index (κ3) is 3.76. The van der Waals surface area contributed by atoms with Gasteiger partial charge in [-0.05, 0) is 19.1 Å². The highest BCUT2D eigenvalue weighted by molar-refractivity contribution is 5.96. The second-order valence-corrected chi connectivity index (χ2v) is 5.92. The smallest absolute Gasteiger partial charge is 0.274 e. The number of carbonyl (C=O) groups excluding carboxylic acids is 2. The number of para-hydroxylation sites is 1. The van der Waals surface area contributed by atoms with Gasteiger partial charge in [0, 0.05) is 19.7 Å². The van der Waals surface area contributed by atoms with Crippen molar-refractivity contribution in [3.63, 3.8) is 0 Å². The van der Waals surface area contributed by atoms with Crippen LogP contribution in [0.15, 0.2) is 42.7 Å². The normalized spacial score (nSPS) is 19.5. The fourth-order valence-electron chi connectivity index (χ4n) is 2.86. The number of aryl methyl sites for hydroxylation is 1. The van der Waals surface area contributed by atoms with Crippen LogP contribution in [0.25, 0.3) is 0 Å². The maximum absolute atomic E-state index is 12.8. The number of amides is 2. The average Bonchev–Trinajstić information content (AvgIpc) is 3.05. The van der Waals surface area contributed by atoms with Crippen LogP contribution >= 0.6 is 0 Å². The summed E-state index contributed by atoms with van der Waals surface area (Å²) in [7, 11) is 1.56. The lowest BCUT2D eigenvalue weighted by atomic mass is 10.2. The van der Waals surface area contributed by atoms with Crippen LogP contribution < -0.4 is 10.1 Å². The van der Waals surface area contributed by atoms with E-state index in [2.05, 4.69) is 15.3 Å². The van der Waals surface area contributed by atoms with E-state index in [-0.39, 0.29) is 23.6 Å². The first kappa shape index (κ1) is 16.9. The van der Waals surface area contributed by atoms with Crippen molar-refractivity contribution in [3.8, 4) is 5.75 Å². The molecular formula is C18H20N4O3. The lowest BCUT2D eigenvalue weighted by molar-refractivity contribution is -0.124. The fourth-order valence-corrected chi connectivity index (χ4v) is 2.86. The van der Waals surface area contributed by atoms with Crippen molar-refractivity contribution >= 4 is 11.8 Å². The van der Waals surface area contributed by atoms with Gasteiger partial charge in [-0.3, -0.25) is 14.6 Å². The SMILES string of the molecule is CNC(=O)[C@@H]1C[C@H](Oc2ccccc2)CN1C(=O)c1cnc(C)cn1. The molecule has 7 nitrogen and oxygen atoms in total. The summed E-state index contributed by atoms with van der Waals surface area (Å²) in [5.41, 5.74) is 0.950. The Morgan fingerprint density at radius 1 is 1.20 bits per heavy atom. The van der Waals surface area contributed by atoms with E-state index >= 15 is 0 Å². The highest BCUT2D eigenvalue weighted by Crippen LogP contribution is 2.24. The van der Waals surface area contributed by atoms with E-state index in [4.69, 9.17) is 4.74 Å². The topological polar surface area (TPSA) is 84.4 Å². The monoisotopic (exact) mass is 340 g/mol. The molecule has 0 spiro atoms. The average molecular weight is 340 g/mol. The van der Waals surface area contributed by atoms with Crippen LogP contribution in [0.4, 0.5) is 0 Å². The van der Waals surface area contributed by atoms with Gasteiger partial charge < -0.3 is 15.0 Å². The number of likely N-dealkylation sites (N-methyl/N-ethyl adjacent to an activating group) is 1. The third-order valence-electron chi connectivity index (χ3n) is 4.12. The van der Waals surface area contributed by atoms with Gasteiger partial charge in [-0.1, -0.05) is 18.2 Å². The van der Waals surface area contributed by atoms with E-state index in [1.165, 1.54) is 17.3 Å². The number of ether oxygens (including phenoxy) is 1. The fraction of sp³-hybridized carbons (Fsp3) is 0.333. The summed E-state index contributed by atoms with van der Waals surface area (Å²) in [5.74, 6) is 0.181. The van der Waals surface area contributed by atoms with Crippen LogP contribution in [0.3, 0.4) is 0 Å². The van der Waals surface area contributed by atoms with Crippen molar-refractivity contribution < 1.29 is 14.3 Å². The number of rotatable bonds is 4. The highest BCUT2D eigenvalue weighted by atomic mass is 16.5. The molecule has 1 fully saturated rings. The second-order valence-electron chi connectivity index (χ2n) is 5.92. The van der Waals surface area contributed by atoms with Crippen molar-refractivity contribution in [2.45, 2.75) is 25.5 Å². The summed E-state index contributed by atoms with van der Waals surface area (Å²) >= 11 is 0. The molecule has 2 heterocycles. The van der Waals surface area contributed by atoms with E-state index in [0.717, 1.165) is 5.69 Å². The lowest BCUT2D eigenvalue weighted by Crippen LogP contribution is -2.45. The summed E-state index contributed by atoms with van der Waals surface area (Å²) in [6.07, 6.45) is 3.15. The number of benzene rings is 1. The summed E-state index contributed by atoms with van der Waals surface area (Å²) in [6.45, 7) is 2.12. The summed E-state index contributed by atoms with van der Waals surface area (Å²) in [4.78, 5) is 34.7. The van der Waals surface area contributed by atoms with Crippen LogP contribution in [0, 0.1) is 6.92 Å². The van der Waals surface area contributed by atoms with E-state index in [1.807, 2.05) is 30.3 Å². The minimum absolute atomic E-state index is 0.215. The Morgan fingerprint density at radius 3 is 2.60 bits per heavy atom.